The Labute approximate surface area is 111 Å². The molecule has 0 aliphatic heterocycles. The van der Waals surface area contributed by atoms with Crippen molar-refractivity contribution >= 4 is 35.0 Å². The lowest BCUT2D eigenvalue weighted by Gasteiger charge is -2.17. The third-order valence-corrected chi connectivity index (χ3v) is 3.46. The topological polar surface area (TPSA) is 42.0 Å². The second-order valence-electron chi connectivity index (χ2n) is 4.80. The van der Waals surface area contributed by atoms with Crippen LogP contribution in [0.1, 0.15) is 26.3 Å². The average molecular weight is 273 g/mol. The van der Waals surface area contributed by atoms with Crippen molar-refractivity contribution in [2.75, 3.05) is 11.1 Å². The third kappa shape index (κ3) is 5.41. The first-order chi connectivity index (χ1) is 7.78. The van der Waals surface area contributed by atoms with Crippen molar-refractivity contribution in [1.29, 1.82) is 0 Å². The minimum Gasteiger partial charge on any atom is -0.323 e. The van der Waals surface area contributed by atoms with E-state index in [0.717, 1.165) is 5.56 Å². The summed E-state index contributed by atoms with van der Waals surface area (Å²) in [5.41, 5.74) is 1.54. The van der Waals surface area contributed by atoms with Gasteiger partial charge in [-0.2, -0.15) is 0 Å². The summed E-state index contributed by atoms with van der Waals surface area (Å²) in [4.78, 5) is 15.7. The van der Waals surface area contributed by atoms with Crippen molar-refractivity contribution in [2.45, 2.75) is 32.4 Å². The fourth-order valence-electron chi connectivity index (χ4n) is 1.11. The van der Waals surface area contributed by atoms with E-state index < -0.39 is 0 Å². The molecule has 0 saturated carbocycles. The molecule has 1 heterocycles. The van der Waals surface area contributed by atoms with Crippen molar-refractivity contribution in [1.82, 2.24) is 4.98 Å². The lowest BCUT2D eigenvalue weighted by molar-refractivity contribution is -0.113. The smallest absolute Gasteiger partial charge is 0.234 e. The third-order valence-electron chi connectivity index (χ3n) is 1.89. The molecule has 0 atom stereocenters. The van der Waals surface area contributed by atoms with Crippen LogP contribution in [0.4, 0.5) is 5.69 Å². The molecule has 3 nitrogen and oxygen atoms in total. The number of halogens is 1. The Balaban J connectivity index is 2.59. The molecule has 0 radical (unpaired) electrons. The predicted molar refractivity (Wildman–Crippen MR) is 74.8 cm³/mol. The molecule has 0 aromatic carbocycles. The number of carbonyl (C=O) groups excluding carboxylic acids is 1. The van der Waals surface area contributed by atoms with Gasteiger partial charge in [0.25, 0.3) is 0 Å². The molecule has 0 spiro atoms. The van der Waals surface area contributed by atoms with E-state index in [0.29, 0.717) is 16.6 Å². The Hall–Kier alpha value is -0.740. The van der Waals surface area contributed by atoms with Gasteiger partial charge in [-0.25, -0.2) is 4.98 Å². The van der Waals surface area contributed by atoms with Crippen LogP contribution in [-0.4, -0.2) is 21.4 Å². The van der Waals surface area contributed by atoms with E-state index in [1.807, 2.05) is 13.0 Å². The minimum atomic E-state index is -0.0563. The SMILES string of the molecule is Cc1cnc(Cl)c(NC(=O)CSC(C)(C)C)c1. The molecule has 1 N–H and O–H groups in total. The molecular weight excluding hydrogens is 256 g/mol. The van der Waals surface area contributed by atoms with Gasteiger partial charge >= 0.3 is 0 Å². The Morgan fingerprint density at radius 1 is 1.53 bits per heavy atom. The van der Waals surface area contributed by atoms with Gasteiger partial charge in [-0.05, 0) is 18.6 Å². The van der Waals surface area contributed by atoms with Crippen LogP contribution in [0.15, 0.2) is 12.3 Å². The molecule has 1 aromatic rings. The zero-order valence-corrected chi connectivity index (χ0v) is 12.1. The Kier molecular flexibility index (Phi) is 4.83. The van der Waals surface area contributed by atoms with Gasteiger partial charge in [-0.1, -0.05) is 32.4 Å². The first kappa shape index (κ1) is 14.3. The highest BCUT2D eigenvalue weighted by Crippen LogP contribution is 2.24. The van der Waals surface area contributed by atoms with Gasteiger partial charge in [0.2, 0.25) is 5.91 Å². The van der Waals surface area contributed by atoms with Crippen LogP contribution in [0.25, 0.3) is 0 Å². The second kappa shape index (κ2) is 5.74. The normalized spacial score (nSPS) is 11.4. The largest absolute Gasteiger partial charge is 0.323 e. The number of hydrogen-bond acceptors (Lipinski definition) is 3. The van der Waals surface area contributed by atoms with Crippen LogP contribution < -0.4 is 5.32 Å². The summed E-state index contributed by atoms with van der Waals surface area (Å²) in [7, 11) is 0. The van der Waals surface area contributed by atoms with Crippen molar-refractivity contribution in [3.8, 4) is 0 Å². The summed E-state index contributed by atoms with van der Waals surface area (Å²) >= 11 is 7.49. The van der Waals surface area contributed by atoms with Gasteiger partial charge in [0, 0.05) is 10.9 Å². The number of aromatic nitrogens is 1. The van der Waals surface area contributed by atoms with E-state index in [1.165, 1.54) is 0 Å². The van der Waals surface area contributed by atoms with Crippen LogP contribution in [0.5, 0.6) is 0 Å². The number of aryl methyl sites for hydroxylation is 1. The molecule has 0 aliphatic carbocycles. The van der Waals surface area contributed by atoms with Crippen LogP contribution in [-0.2, 0) is 4.79 Å². The summed E-state index contributed by atoms with van der Waals surface area (Å²) in [5, 5.41) is 3.09. The standard InChI is InChI=1S/C12H17ClN2OS/c1-8-5-9(11(13)14-6-8)15-10(16)7-17-12(2,3)4/h5-6H,7H2,1-4H3,(H,15,16). The maximum atomic E-state index is 11.7. The molecule has 1 aromatic heterocycles. The summed E-state index contributed by atoms with van der Waals surface area (Å²) < 4.78 is 0.0754. The van der Waals surface area contributed by atoms with E-state index >= 15 is 0 Å². The fourth-order valence-corrected chi connectivity index (χ4v) is 1.90. The van der Waals surface area contributed by atoms with Crippen molar-refractivity contribution in [3.05, 3.63) is 23.0 Å². The van der Waals surface area contributed by atoms with Crippen molar-refractivity contribution in [2.24, 2.45) is 0 Å². The number of thioether (sulfide) groups is 1. The zero-order valence-electron chi connectivity index (χ0n) is 10.5. The fraction of sp³-hybridized carbons (Fsp3) is 0.500. The van der Waals surface area contributed by atoms with E-state index in [9.17, 15) is 4.79 Å². The second-order valence-corrected chi connectivity index (χ2v) is 6.96. The number of rotatable bonds is 3. The van der Waals surface area contributed by atoms with Crippen molar-refractivity contribution in [3.63, 3.8) is 0 Å². The number of nitrogens with zero attached hydrogens (tertiary/aromatic N) is 1. The van der Waals surface area contributed by atoms with E-state index in [-0.39, 0.29) is 10.7 Å². The number of nitrogens with one attached hydrogen (secondary N) is 1. The maximum absolute atomic E-state index is 11.7. The monoisotopic (exact) mass is 272 g/mol. The van der Waals surface area contributed by atoms with Crippen molar-refractivity contribution < 1.29 is 4.79 Å². The Morgan fingerprint density at radius 2 is 2.18 bits per heavy atom. The quantitative estimate of drug-likeness (QED) is 0.856. The van der Waals surface area contributed by atoms with Crippen LogP contribution in [0, 0.1) is 6.92 Å². The highest BCUT2D eigenvalue weighted by molar-refractivity contribution is 8.01. The van der Waals surface area contributed by atoms with Gasteiger partial charge in [0.1, 0.15) is 0 Å². The average Bonchev–Trinajstić information content (AvgIpc) is 2.20. The van der Waals surface area contributed by atoms with Gasteiger partial charge < -0.3 is 5.32 Å². The van der Waals surface area contributed by atoms with Crippen LogP contribution >= 0.6 is 23.4 Å². The molecule has 0 saturated heterocycles. The molecule has 1 rings (SSSR count). The Morgan fingerprint density at radius 3 is 2.76 bits per heavy atom. The van der Waals surface area contributed by atoms with Gasteiger partial charge in [-0.15, -0.1) is 11.8 Å². The lowest BCUT2D eigenvalue weighted by Crippen LogP contribution is -2.19. The molecule has 94 valence electrons. The molecule has 0 aliphatic rings. The minimum absolute atomic E-state index is 0.0563. The van der Waals surface area contributed by atoms with Gasteiger partial charge in [0.15, 0.2) is 5.15 Å². The maximum Gasteiger partial charge on any atom is 0.234 e. The van der Waals surface area contributed by atoms with Gasteiger partial charge in [-0.3, -0.25) is 4.79 Å². The van der Waals surface area contributed by atoms with Crippen LogP contribution in [0.3, 0.4) is 0 Å². The van der Waals surface area contributed by atoms with Crippen LogP contribution in [0.2, 0.25) is 5.15 Å². The molecule has 0 fully saturated rings. The van der Waals surface area contributed by atoms with Gasteiger partial charge in [0.05, 0.1) is 11.4 Å². The Bertz CT molecular complexity index is 415. The first-order valence-electron chi connectivity index (χ1n) is 5.34. The number of anilines is 1. The summed E-state index contributed by atoms with van der Waals surface area (Å²) in [5.74, 6) is 0.354. The predicted octanol–water partition coefficient (Wildman–Crippen LogP) is 3.51. The highest BCUT2D eigenvalue weighted by Gasteiger charge is 2.14. The molecule has 0 bridgehead atoms. The molecule has 5 heteroatoms. The van der Waals surface area contributed by atoms with E-state index in [2.05, 4.69) is 31.1 Å². The number of carbonyl (C=O) groups is 1. The highest BCUT2D eigenvalue weighted by atomic mass is 35.5. The summed E-state index contributed by atoms with van der Waals surface area (Å²) in [6.07, 6.45) is 1.67. The van der Waals surface area contributed by atoms with E-state index in [1.54, 1.807) is 18.0 Å². The summed E-state index contributed by atoms with van der Waals surface area (Å²) in [6, 6.07) is 1.81. The zero-order chi connectivity index (χ0) is 13.1. The van der Waals surface area contributed by atoms with E-state index in [4.69, 9.17) is 11.6 Å². The number of amides is 1. The number of hydrogen-bond donors (Lipinski definition) is 1. The molecule has 17 heavy (non-hydrogen) atoms. The molecule has 0 unspecified atom stereocenters. The first-order valence-corrected chi connectivity index (χ1v) is 6.70. The lowest BCUT2D eigenvalue weighted by atomic mass is 10.3. The number of pyridine rings is 1. The molecular formula is C12H17ClN2OS. The summed E-state index contributed by atoms with van der Waals surface area (Å²) in [6.45, 7) is 8.13. The molecule has 1 amide bonds.